The van der Waals surface area contributed by atoms with Gasteiger partial charge in [-0.25, -0.2) is 9.59 Å². The lowest BCUT2D eigenvalue weighted by Crippen LogP contribution is -2.53. The first-order chi connectivity index (χ1) is 12.6. The third-order valence-corrected chi connectivity index (χ3v) is 6.70. The first kappa shape index (κ1) is 19.8. The normalized spacial score (nSPS) is 41.1. The molecule has 1 saturated carbocycles. The average molecular weight is 378 g/mol. The van der Waals surface area contributed by atoms with Crippen LogP contribution in [0.5, 0.6) is 0 Å². The van der Waals surface area contributed by atoms with E-state index >= 15 is 0 Å². The molecule has 1 N–H and O–H groups in total. The van der Waals surface area contributed by atoms with Gasteiger partial charge in [0.15, 0.2) is 11.9 Å². The quantitative estimate of drug-likeness (QED) is 0.337. The van der Waals surface area contributed by atoms with Crippen molar-refractivity contribution in [3.63, 3.8) is 0 Å². The molecule has 0 bridgehead atoms. The Hall–Kier alpha value is -1.99. The number of ether oxygens (including phenoxy) is 3. The molecule has 6 atom stereocenters. The summed E-state index contributed by atoms with van der Waals surface area (Å²) < 4.78 is 16.4. The first-order valence-corrected chi connectivity index (χ1v) is 9.18. The number of allylic oxidation sites excluding steroid dienone is 1. The summed E-state index contributed by atoms with van der Waals surface area (Å²) in [6, 6.07) is 0. The van der Waals surface area contributed by atoms with Crippen LogP contribution in [-0.2, 0) is 28.6 Å². The minimum Gasteiger partial charge on any atom is -0.459 e. The van der Waals surface area contributed by atoms with Gasteiger partial charge in [-0.2, -0.15) is 0 Å². The maximum absolute atomic E-state index is 12.2. The molecule has 2 heterocycles. The number of carbonyl (C=O) groups is 3. The van der Waals surface area contributed by atoms with Gasteiger partial charge in [-0.05, 0) is 27.2 Å². The second-order valence-electron chi connectivity index (χ2n) is 7.97. The van der Waals surface area contributed by atoms with E-state index in [9.17, 15) is 19.5 Å². The van der Waals surface area contributed by atoms with Gasteiger partial charge in [-0.3, -0.25) is 4.79 Å². The second kappa shape index (κ2) is 6.56. The van der Waals surface area contributed by atoms with Gasteiger partial charge in [0.25, 0.3) is 0 Å². The van der Waals surface area contributed by atoms with Crippen molar-refractivity contribution in [1.29, 1.82) is 0 Å². The largest absolute Gasteiger partial charge is 0.459 e. The Labute approximate surface area is 158 Å². The third kappa shape index (κ3) is 2.84. The fourth-order valence-electron chi connectivity index (χ4n) is 4.29. The lowest BCUT2D eigenvalue weighted by atomic mass is 9.58. The van der Waals surface area contributed by atoms with Crippen LogP contribution in [0.25, 0.3) is 0 Å². The van der Waals surface area contributed by atoms with Crippen molar-refractivity contribution in [1.82, 2.24) is 0 Å². The van der Waals surface area contributed by atoms with Crippen LogP contribution < -0.4 is 0 Å². The summed E-state index contributed by atoms with van der Waals surface area (Å²) in [7, 11) is 0. The van der Waals surface area contributed by atoms with E-state index in [1.807, 2.05) is 13.8 Å². The van der Waals surface area contributed by atoms with E-state index in [-0.39, 0.29) is 18.4 Å². The Morgan fingerprint density at radius 2 is 2.11 bits per heavy atom. The molecule has 7 nitrogen and oxygen atoms in total. The molecule has 0 spiro atoms. The molecule has 0 amide bonds. The lowest BCUT2D eigenvalue weighted by Gasteiger charge is -2.45. The average Bonchev–Trinajstić information content (AvgIpc) is 3.32. The van der Waals surface area contributed by atoms with Crippen LogP contribution in [0.1, 0.15) is 47.5 Å². The number of cyclic esters (lactones) is 1. The maximum atomic E-state index is 12.2. The van der Waals surface area contributed by atoms with Crippen molar-refractivity contribution >= 4 is 18.2 Å². The molecule has 7 heteroatoms. The van der Waals surface area contributed by atoms with Crippen molar-refractivity contribution in [2.45, 2.75) is 71.6 Å². The Kier molecular flexibility index (Phi) is 4.80. The Morgan fingerprint density at radius 1 is 1.44 bits per heavy atom. The van der Waals surface area contributed by atoms with Gasteiger partial charge in [-0.15, -0.1) is 0 Å². The molecule has 148 valence electrons. The van der Waals surface area contributed by atoms with E-state index in [4.69, 9.17) is 14.2 Å². The zero-order chi connectivity index (χ0) is 20.1. The zero-order valence-electron chi connectivity index (χ0n) is 16.3. The standard InChI is InChI=1S/C20H26O7/c1-6-10(2)16(22)25-14-7-15-20(9-21,27-15)19(5,12(14)4)8-13-11(3)17(23)26-18(13)24/h6,9,12,14-15,17,23H,7-8H2,1-5H3/b10-6-/t12-,14-,15+,17?,19+,20+/m0/s1. The number of esters is 2. The summed E-state index contributed by atoms with van der Waals surface area (Å²) in [5, 5.41) is 9.80. The van der Waals surface area contributed by atoms with E-state index in [2.05, 4.69) is 0 Å². The van der Waals surface area contributed by atoms with Gasteiger partial charge in [0.05, 0.1) is 6.10 Å². The topological polar surface area (TPSA) is 102 Å². The van der Waals surface area contributed by atoms with Gasteiger partial charge in [0.2, 0.25) is 6.29 Å². The molecular weight excluding hydrogens is 352 g/mol. The van der Waals surface area contributed by atoms with E-state index in [0.717, 1.165) is 6.29 Å². The van der Waals surface area contributed by atoms with Crippen LogP contribution in [0.4, 0.5) is 0 Å². The molecule has 1 saturated heterocycles. The minimum atomic E-state index is -1.26. The molecule has 1 aliphatic carbocycles. The number of aliphatic hydroxyl groups is 1. The minimum absolute atomic E-state index is 0.196. The van der Waals surface area contributed by atoms with Crippen LogP contribution in [0.3, 0.4) is 0 Å². The predicted molar refractivity (Wildman–Crippen MR) is 94.3 cm³/mol. The van der Waals surface area contributed by atoms with E-state index < -0.39 is 35.3 Å². The number of epoxide rings is 1. The van der Waals surface area contributed by atoms with Crippen molar-refractivity contribution in [3.8, 4) is 0 Å². The van der Waals surface area contributed by atoms with E-state index in [1.165, 1.54) is 0 Å². The third-order valence-electron chi connectivity index (χ3n) is 6.70. The molecule has 0 aromatic carbocycles. The second-order valence-corrected chi connectivity index (χ2v) is 7.97. The van der Waals surface area contributed by atoms with Gasteiger partial charge in [-0.1, -0.05) is 19.9 Å². The van der Waals surface area contributed by atoms with Crippen LogP contribution in [0.2, 0.25) is 0 Å². The number of fused-ring (bicyclic) bond motifs is 1. The van der Waals surface area contributed by atoms with Crippen molar-refractivity contribution in [3.05, 3.63) is 22.8 Å². The summed E-state index contributed by atoms with van der Waals surface area (Å²) >= 11 is 0. The highest BCUT2D eigenvalue weighted by Crippen LogP contribution is 2.62. The van der Waals surface area contributed by atoms with Crippen molar-refractivity contribution in [2.75, 3.05) is 0 Å². The molecule has 27 heavy (non-hydrogen) atoms. The number of rotatable bonds is 5. The molecular formula is C20H26O7. The molecule has 3 aliphatic rings. The monoisotopic (exact) mass is 378 g/mol. The molecule has 2 fully saturated rings. The number of aldehydes is 1. The fourth-order valence-corrected chi connectivity index (χ4v) is 4.29. The summed E-state index contributed by atoms with van der Waals surface area (Å²) in [4.78, 5) is 36.3. The molecule has 0 radical (unpaired) electrons. The zero-order valence-corrected chi connectivity index (χ0v) is 16.3. The smallest absolute Gasteiger partial charge is 0.336 e. The molecule has 2 aliphatic heterocycles. The van der Waals surface area contributed by atoms with E-state index in [1.54, 1.807) is 26.8 Å². The fraction of sp³-hybridized carbons (Fsp3) is 0.650. The summed E-state index contributed by atoms with van der Waals surface area (Å²) in [6.45, 7) is 8.85. The maximum Gasteiger partial charge on any atom is 0.336 e. The van der Waals surface area contributed by atoms with Crippen molar-refractivity contribution < 1.29 is 33.7 Å². The number of aliphatic hydroxyl groups excluding tert-OH is 1. The predicted octanol–water partition coefficient (Wildman–Crippen LogP) is 1.83. The molecule has 3 rings (SSSR count). The Bertz CT molecular complexity index is 751. The van der Waals surface area contributed by atoms with Crippen LogP contribution in [-0.4, -0.2) is 47.4 Å². The molecule has 0 aromatic rings. The highest BCUT2D eigenvalue weighted by Gasteiger charge is 2.73. The molecule has 1 unspecified atom stereocenters. The first-order valence-electron chi connectivity index (χ1n) is 9.18. The van der Waals surface area contributed by atoms with Crippen LogP contribution in [0.15, 0.2) is 22.8 Å². The highest BCUT2D eigenvalue weighted by molar-refractivity contribution is 5.92. The number of hydrogen-bond donors (Lipinski definition) is 1. The summed E-state index contributed by atoms with van der Waals surface area (Å²) in [5.74, 6) is -1.24. The summed E-state index contributed by atoms with van der Waals surface area (Å²) in [6.07, 6.45) is 1.05. The van der Waals surface area contributed by atoms with Gasteiger partial charge in [0.1, 0.15) is 6.10 Å². The van der Waals surface area contributed by atoms with Gasteiger partial charge >= 0.3 is 11.9 Å². The van der Waals surface area contributed by atoms with Crippen molar-refractivity contribution in [2.24, 2.45) is 11.3 Å². The Morgan fingerprint density at radius 3 is 2.63 bits per heavy atom. The van der Waals surface area contributed by atoms with E-state index in [0.29, 0.717) is 23.1 Å². The molecule has 0 aromatic heterocycles. The summed E-state index contributed by atoms with van der Waals surface area (Å²) in [5.41, 5.74) is -0.508. The highest BCUT2D eigenvalue weighted by atomic mass is 16.6. The van der Waals surface area contributed by atoms with Gasteiger partial charge in [0, 0.05) is 34.5 Å². The van der Waals surface area contributed by atoms with Crippen LogP contribution in [0, 0.1) is 11.3 Å². The number of hydrogen-bond acceptors (Lipinski definition) is 7. The number of carbonyl (C=O) groups excluding carboxylic acids is 3. The SMILES string of the molecule is C/C=C(/C)C(=O)O[C@H]1C[C@H]2O[C@@]2(C=O)[C@](C)(CC2=C(C)C(O)OC2=O)[C@H]1C. The Balaban J connectivity index is 1.92. The van der Waals surface area contributed by atoms with Crippen LogP contribution >= 0.6 is 0 Å². The lowest BCUT2D eigenvalue weighted by molar-refractivity contribution is -0.156. The van der Waals surface area contributed by atoms with Gasteiger partial charge < -0.3 is 19.3 Å².